The molecule has 0 saturated heterocycles. The second kappa shape index (κ2) is 4.89. The van der Waals surface area contributed by atoms with Crippen LogP contribution in [0.15, 0.2) is 28.8 Å². The van der Waals surface area contributed by atoms with E-state index in [4.69, 9.17) is 21.3 Å². The van der Waals surface area contributed by atoms with Crippen LogP contribution < -0.4 is 5.32 Å². The van der Waals surface area contributed by atoms with Crippen molar-refractivity contribution in [2.45, 2.75) is 13.5 Å². The Morgan fingerprint density at radius 1 is 1.47 bits per heavy atom. The standard InChI is InChI=1S/C12H10ClN3O/c1-8-2-3-10(17-8)7-16-12-11(13)9(6-14)4-5-15-12/h2-5H,7H2,1H3,(H,15,16). The van der Waals surface area contributed by atoms with E-state index in [1.807, 2.05) is 25.1 Å². The van der Waals surface area contributed by atoms with Gasteiger partial charge in [-0.1, -0.05) is 11.6 Å². The molecular weight excluding hydrogens is 238 g/mol. The van der Waals surface area contributed by atoms with Gasteiger partial charge in [0.1, 0.15) is 28.4 Å². The normalized spacial score (nSPS) is 9.94. The van der Waals surface area contributed by atoms with Gasteiger partial charge in [-0.3, -0.25) is 0 Å². The molecule has 0 aromatic carbocycles. The first-order chi connectivity index (χ1) is 8.20. The first-order valence-electron chi connectivity index (χ1n) is 5.04. The zero-order chi connectivity index (χ0) is 12.3. The molecule has 0 fully saturated rings. The van der Waals surface area contributed by atoms with Gasteiger partial charge in [0, 0.05) is 6.20 Å². The SMILES string of the molecule is Cc1ccc(CNc2nccc(C#N)c2Cl)o1. The quantitative estimate of drug-likeness (QED) is 0.905. The van der Waals surface area contributed by atoms with E-state index in [1.165, 1.54) is 0 Å². The van der Waals surface area contributed by atoms with E-state index < -0.39 is 0 Å². The Labute approximate surface area is 104 Å². The van der Waals surface area contributed by atoms with E-state index >= 15 is 0 Å². The van der Waals surface area contributed by atoms with E-state index in [0.29, 0.717) is 22.9 Å². The summed E-state index contributed by atoms with van der Waals surface area (Å²) >= 11 is 6.00. The van der Waals surface area contributed by atoms with Crippen LogP contribution >= 0.6 is 11.6 Å². The van der Waals surface area contributed by atoms with E-state index in [9.17, 15) is 0 Å². The number of aromatic nitrogens is 1. The van der Waals surface area contributed by atoms with Crippen molar-refractivity contribution in [3.63, 3.8) is 0 Å². The van der Waals surface area contributed by atoms with Gasteiger partial charge in [0.2, 0.25) is 0 Å². The molecule has 2 aromatic heterocycles. The molecule has 0 aliphatic carbocycles. The second-order valence-corrected chi connectivity index (χ2v) is 3.88. The van der Waals surface area contributed by atoms with Crippen LogP contribution in [0.3, 0.4) is 0 Å². The largest absolute Gasteiger partial charge is 0.465 e. The minimum Gasteiger partial charge on any atom is -0.465 e. The maximum atomic E-state index is 8.82. The topological polar surface area (TPSA) is 61.9 Å². The lowest BCUT2D eigenvalue weighted by Gasteiger charge is -2.06. The molecule has 0 spiro atoms. The summed E-state index contributed by atoms with van der Waals surface area (Å²) in [5, 5.41) is 12.2. The van der Waals surface area contributed by atoms with Crippen LogP contribution in [-0.2, 0) is 6.54 Å². The van der Waals surface area contributed by atoms with Crippen molar-refractivity contribution in [2.75, 3.05) is 5.32 Å². The molecule has 5 heteroatoms. The molecule has 2 aromatic rings. The summed E-state index contributed by atoms with van der Waals surface area (Å²) in [6.45, 7) is 2.36. The molecule has 0 saturated carbocycles. The minimum atomic E-state index is 0.332. The number of furan rings is 1. The molecule has 0 radical (unpaired) electrons. The lowest BCUT2D eigenvalue weighted by atomic mass is 10.3. The number of anilines is 1. The molecule has 86 valence electrons. The van der Waals surface area contributed by atoms with E-state index in [1.54, 1.807) is 12.3 Å². The maximum absolute atomic E-state index is 8.82. The van der Waals surface area contributed by atoms with Crippen molar-refractivity contribution >= 4 is 17.4 Å². The predicted molar refractivity (Wildman–Crippen MR) is 64.7 cm³/mol. The van der Waals surface area contributed by atoms with Crippen LogP contribution in [-0.4, -0.2) is 4.98 Å². The fourth-order valence-electron chi connectivity index (χ4n) is 1.40. The predicted octanol–water partition coefficient (Wildman–Crippen LogP) is 3.12. The van der Waals surface area contributed by atoms with Crippen molar-refractivity contribution in [2.24, 2.45) is 0 Å². The summed E-state index contributed by atoms with van der Waals surface area (Å²) in [5.41, 5.74) is 0.403. The molecule has 2 heterocycles. The molecule has 0 bridgehead atoms. The highest BCUT2D eigenvalue weighted by Crippen LogP contribution is 2.23. The number of hydrogen-bond acceptors (Lipinski definition) is 4. The smallest absolute Gasteiger partial charge is 0.146 e. The van der Waals surface area contributed by atoms with Crippen LogP contribution in [0, 0.1) is 18.3 Å². The Hall–Kier alpha value is -1.99. The van der Waals surface area contributed by atoms with Gasteiger partial charge in [-0.2, -0.15) is 5.26 Å². The van der Waals surface area contributed by atoms with Gasteiger partial charge in [0.15, 0.2) is 0 Å². The third-order valence-corrected chi connectivity index (χ3v) is 2.62. The zero-order valence-corrected chi connectivity index (χ0v) is 9.95. The number of halogens is 1. The molecule has 4 nitrogen and oxygen atoms in total. The second-order valence-electron chi connectivity index (χ2n) is 3.50. The first kappa shape index (κ1) is 11.5. The van der Waals surface area contributed by atoms with Crippen LogP contribution in [0.5, 0.6) is 0 Å². The molecule has 0 aliphatic rings. The third-order valence-electron chi connectivity index (χ3n) is 2.24. The van der Waals surface area contributed by atoms with Crippen molar-refractivity contribution < 1.29 is 4.42 Å². The number of pyridine rings is 1. The lowest BCUT2D eigenvalue weighted by molar-refractivity contribution is 0.490. The average molecular weight is 248 g/mol. The number of nitrogens with zero attached hydrogens (tertiary/aromatic N) is 2. The Balaban J connectivity index is 2.12. The highest BCUT2D eigenvalue weighted by atomic mass is 35.5. The van der Waals surface area contributed by atoms with Gasteiger partial charge >= 0.3 is 0 Å². The van der Waals surface area contributed by atoms with Gasteiger partial charge in [-0.25, -0.2) is 4.98 Å². The van der Waals surface area contributed by atoms with Crippen molar-refractivity contribution in [1.82, 2.24) is 4.98 Å². The molecule has 2 rings (SSSR count). The highest BCUT2D eigenvalue weighted by molar-refractivity contribution is 6.34. The van der Waals surface area contributed by atoms with Gasteiger partial charge in [0.05, 0.1) is 12.1 Å². The van der Waals surface area contributed by atoms with Crippen LogP contribution in [0.2, 0.25) is 5.02 Å². The first-order valence-corrected chi connectivity index (χ1v) is 5.42. The average Bonchev–Trinajstić information content (AvgIpc) is 2.74. The van der Waals surface area contributed by atoms with Crippen molar-refractivity contribution in [3.8, 4) is 6.07 Å². The van der Waals surface area contributed by atoms with E-state index in [0.717, 1.165) is 11.5 Å². The van der Waals surface area contributed by atoms with E-state index in [-0.39, 0.29) is 0 Å². The maximum Gasteiger partial charge on any atom is 0.146 e. The lowest BCUT2D eigenvalue weighted by Crippen LogP contribution is -2.01. The Morgan fingerprint density at radius 3 is 2.94 bits per heavy atom. The molecule has 0 aliphatic heterocycles. The summed E-state index contributed by atoms with van der Waals surface area (Å²) in [6, 6.07) is 7.34. The zero-order valence-electron chi connectivity index (χ0n) is 9.20. The van der Waals surface area contributed by atoms with Crippen LogP contribution in [0.1, 0.15) is 17.1 Å². The third kappa shape index (κ3) is 2.58. The molecule has 0 unspecified atom stereocenters. The summed E-state index contributed by atoms with van der Waals surface area (Å²) in [5.74, 6) is 2.13. The van der Waals surface area contributed by atoms with Gasteiger partial charge in [0.25, 0.3) is 0 Å². The monoisotopic (exact) mass is 247 g/mol. The van der Waals surface area contributed by atoms with Crippen LogP contribution in [0.4, 0.5) is 5.82 Å². The minimum absolute atomic E-state index is 0.332. The number of nitrogens with one attached hydrogen (secondary N) is 1. The molecule has 0 atom stereocenters. The highest BCUT2D eigenvalue weighted by Gasteiger charge is 2.07. The number of hydrogen-bond donors (Lipinski definition) is 1. The van der Waals surface area contributed by atoms with Crippen LogP contribution in [0.25, 0.3) is 0 Å². The summed E-state index contributed by atoms with van der Waals surface area (Å²) in [7, 11) is 0. The van der Waals surface area contributed by atoms with Gasteiger partial charge in [-0.15, -0.1) is 0 Å². The molecular formula is C12H10ClN3O. The number of aryl methyl sites for hydroxylation is 1. The summed E-state index contributed by atoms with van der Waals surface area (Å²) in [4.78, 5) is 4.07. The number of nitriles is 1. The molecule has 0 amide bonds. The van der Waals surface area contributed by atoms with Gasteiger partial charge in [-0.05, 0) is 25.1 Å². The van der Waals surface area contributed by atoms with Crippen molar-refractivity contribution in [1.29, 1.82) is 5.26 Å². The Morgan fingerprint density at radius 2 is 2.29 bits per heavy atom. The molecule has 17 heavy (non-hydrogen) atoms. The summed E-state index contributed by atoms with van der Waals surface area (Å²) in [6.07, 6.45) is 1.54. The van der Waals surface area contributed by atoms with Crippen molar-refractivity contribution in [3.05, 3.63) is 46.5 Å². The van der Waals surface area contributed by atoms with E-state index in [2.05, 4.69) is 10.3 Å². The fraction of sp³-hybridized carbons (Fsp3) is 0.167. The Kier molecular flexibility index (Phi) is 3.31. The Bertz CT molecular complexity index is 571. The number of rotatable bonds is 3. The summed E-state index contributed by atoms with van der Waals surface area (Å²) < 4.78 is 5.40. The molecule has 1 N–H and O–H groups in total. The van der Waals surface area contributed by atoms with Gasteiger partial charge < -0.3 is 9.73 Å². The fourth-order valence-corrected chi connectivity index (χ4v) is 1.63.